The molecule has 192 valence electrons. The first-order chi connectivity index (χ1) is 18.0. The Balaban J connectivity index is 1.47. The second kappa shape index (κ2) is 12.7. The monoisotopic (exact) mass is 535 g/mol. The molecule has 3 aromatic carbocycles. The molecule has 1 aliphatic heterocycles. The minimum absolute atomic E-state index is 0.0184. The molecule has 0 saturated carbocycles. The average molecular weight is 536 g/mol. The maximum Gasteiger partial charge on any atom is 0.256 e. The molecule has 1 atom stereocenters. The van der Waals surface area contributed by atoms with Crippen LogP contribution in [0.2, 0.25) is 5.02 Å². The maximum atomic E-state index is 13.6. The number of aryl methyl sites for hydroxylation is 1. The Labute approximate surface area is 228 Å². The van der Waals surface area contributed by atoms with Gasteiger partial charge in [-0.3, -0.25) is 14.5 Å². The van der Waals surface area contributed by atoms with E-state index in [9.17, 15) is 9.59 Å². The zero-order valence-corrected chi connectivity index (χ0v) is 22.3. The number of hydrogen-bond acceptors (Lipinski definition) is 4. The van der Waals surface area contributed by atoms with Crippen molar-refractivity contribution in [1.29, 1.82) is 0 Å². The Hall–Kier alpha value is -3.42. The van der Waals surface area contributed by atoms with Crippen molar-refractivity contribution in [3.63, 3.8) is 0 Å². The van der Waals surface area contributed by atoms with Crippen LogP contribution in [0.1, 0.15) is 31.7 Å². The third-order valence-electron chi connectivity index (χ3n) is 6.08. The number of nitrogens with zero attached hydrogens (tertiary/aromatic N) is 2. The van der Waals surface area contributed by atoms with E-state index < -0.39 is 6.04 Å². The normalized spacial score (nSPS) is 15.2. The van der Waals surface area contributed by atoms with Crippen molar-refractivity contribution in [2.75, 3.05) is 23.4 Å². The lowest BCUT2D eigenvalue weighted by Crippen LogP contribution is -2.38. The predicted molar refractivity (Wildman–Crippen MR) is 152 cm³/mol. The molecule has 0 aliphatic carbocycles. The number of nitrogens with one attached hydrogen (secondary N) is 1. The maximum absolute atomic E-state index is 13.6. The number of hydrogen-bond donors (Lipinski definition) is 1. The largest absolute Gasteiger partial charge is 0.494 e. The van der Waals surface area contributed by atoms with Crippen LogP contribution in [-0.4, -0.2) is 41.0 Å². The fourth-order valence-corrected chi connectivity index (χ4v) is 4.88. The van der Waals surface area contributed by atoms with E-state index in [2.05, 4.69) is 17.4 Å². The van der Waals surface area contributed by atoms with Crippen LogP contribution in [0.5, 0.6) is 5.75 Å². The third-order valence-corrected chi connectivity index (χ3v) is 6.73. The summed E-state index contributed by atoms with van der Waals surface area (Å²) in [6.45, 7) is 3.24. The summed E-state index contributed by atoms with van der Waals surface area (Å²) >= 11 is 11.9. The molecule has 0 aromatic heterocycles. The van der Waals surface area contributed by atoms with Crippen molar-refractivity contribution >= 4 is 52.1 Å². The highest BCUT2D eigenvalue weighted by Crippen LogP contribution is 2.29. The number of benzene rings is 3. The molecule has 1 saturated heterocycles. The standard InChI is InChI=1S/C29H30ClN3O3S/c1-2-18-36-25-15-13-23(14-16-25)31-27(34)20-26-28(35)33(24-12-6-11-22(30)19-24)29(37)32(26)17-7-10-21-8-4-3-5-9-21/h3-6,8-9,11-16,19,26H,2,7,10,17-18,20H2,1H3,(H,31,34). The van der Waals surface area contributed by atoms with Crippen molar-refractivity contribution in [2.24, 2.45) is 0 Å². The Morgan fingerprint density at radius 1 is 1.05 bits per heavy atom. The van der Waals surface area contributed by atoms with Gasteiger partial charge in [0.15, 0.2) is 5.11 Å². The zero-order valence-electron chi connectivity index (χ0n) is 20.7. The highest BCUT2D eigenvalue weighted by molar-refractivity contribution is 7.80. The topological polar surface area (TPSA) is 61.9 Å². The van der Waals surface area contributed by atoms with Crippen LogP contribution >= 0.6 is 23.8 Å². The van der Waals surface area contributed by atoms with Crippen LogP contribution in [-0.2, 0) is 16.0 Å². The van der Waals surface area contributed by atoms with Crippen LogP contribution in [0.3, 0.4) is 0 Å². The van der Waals surface area contributed by atoms with Gasteiger partial charge in [-0.25, -0.2) is 0 Å². The Kier molecular flexibility index (Phi) is 9.14. The summed E-state index contributed by atoms with van der Waals surface area (Å²) in [4.78, 5) is 29.9. The first kappa shape index (κ1) is 26.6. The van der Waals surface area contributed by atoms with Gasteiger partial charge in [-0.15, -0.1) is 0 Å². The molecule has 1 fully saturated rings. The van der Waals surface area contributed by atoms with Crippen LogP contribution in [0.4, 0.5) is 11.4 Å². The Bertz CT molecular complexity index is 1240. The quantitative estimate of drug-likeness (QED) is 0.301. The SMILES string of the molecule is CCCOc1ccc(NC(=O)CC2C(=O)N(c3cccc(Cl)c3)C(=S)N2CCCc2ccccc2)cc1. The van der Waals surface area contributed by atoms with Gasteiger partial charge in [0.05, 0.1) is 18.7 Å². The van der Waals surface area contributed by atoms with Crippen LogP contribution in [0.15, 0.2) is 78.9 Å². The molecule has 37 heavy (non-hydrogen) atoms. The molecule has 1 aliphatic rings. The summed E-state index contributed by atoms with van der Waals surface area (Å²) < 4.78 is 5.60. The molecule has 1 unspecified atom stereocenters. The van der Waals surface area contributed by atoms with Gasteiger partial charge in [0.25, 0.3) is 5.91 Å². The minimum Gasteiger partial charge on any atom is -0.494 e. The number of thiocarbonyl (C=S) groups is 1. The highest BCUT2D eigenvalue weighted by Gasteiger charge is 2.43. The molecule has 1 heterocycles. The molecule has 8 heteroatoms. The summed E-state index contributed by atoms with van der Waals surface area (Å²) in [7, 11) is 0. The van der Waals surface area contributed by atoms with Gasteiger partial charge in [-0.2, -0.15) is 0 Å². The molecule has 0 spiro atoms. The molecule has 0 radical (unpaired) electrons. The summed E-state index contributed by atoms with van der Waals surface area (Å²) in [6, 6.07) is 23.7. The van der Waals surface area contributed by atoms with E-state index in [1.165, 1.54) is 10.5 Å². The molecule has 3 aromatic rings. The molecule has 4 rings (SSSR count). The molecule has 0 bridgehead atoms. The fraction of sp³-hybridized carbons (Fsp3) is 0.276. The van der Waals surface area contributed by atoms with E-state index in [1.807, 2.05) is 42.2 Å². The number of carbonyl (C=O) groups is 2. The number of ether oxygens (including phenoxy) is 1. The number of halogens is 1. The average Bonchev–Trinajstić information content (AvgIpc) is 3.12. The van der Waals surface area contributed by atoms with Crippen molar-refractivity contribution in [1.82, 2.24) is 4.90 Å². The molecular formula is C29H30ClN3O3S. The van der Waals surface area contributed by atoms with E-state index in [-0.39, 0.29) is 18.2 Å². The zero-order chi connectivity index (χ0) is 26.2. The highest BCUT2D eigenvalue weighted by atomic mass is 35.5. The molecule has 2 amide bonds. The smallest absolute Gasteiger partial charge is 0.256 e. The lowest BCUT2D eigenvalue weighted by Gasteiger charge is -2.24. The van der Waals surface area contributed by atoms with E-state index in [4.69, 9.17) is 28.6 Å². The van der Waals surface area contributed by atoms with Gasteiger partial charge in [0, 0.05) is 17.3 Å². The van der Waals surface area contributed by atoms with Crippen molar-refractivity contribution in [3.8, 4) is 5.75 Å². The van der Waals surface area contributed by atoms with Gasteiger partial charge in [-0.05, 0) is 79.5 Å². The Morgan fingerprint density at radius 3 is 2.51 bits per heavy atom. The number of rotatable bonds is 11. The molecule has 1 N–H and O–H groups in total. The third kappa shape index (κ3) is 6.87. The molecule has 6 nitrogen and oxygen atoms in total. The van der Waals surface area contributed by atoms with Gasteiger partial charge in [0.2, 0.25) is 5.91 Å². The van der Waals surface area contributed by atoms with Crippen molar-refractivity contribution in [2.45, 2.75) is 38.6 Å². The second-order valence-corrected chi connectivity index (χ2v) is 9.66. The lowest BCUT2D eigenvalue weighted by molar-refractivity contribution is -0.124. The van der Waals surface area contributed by atoms with Crippen LogP contribution in [0, 0.1) is 0 Å². The van der Waals surface area contributed by atoms with Crippen LogP contribution in [0.25, 0.3) is 0 Å². The predicted octanol–water partition coefficient (Wildman–Crippen LogP) is 6.09. The van der Waals surface area contributed by atoms with Gasteiger partial charge < -0.3 is 15.0 Å². The van der Waals surface area contributed by atoms with Gasteiger partial charge >= 0.3 is 0 Å². The van der Waals surface area contributed by atoms with Crippen LogP contribution < -0.4 is 15.0 Å². The first-order valence-corrected chi connectivity index (χ1v) is 13.2. The summed E-state index contributed by atoms with van der Waals surface area (Å²) in [5.74, 6) is 0.257. The van der Waals surface area contributed by atoms with E-state index in [1.54, 1.807) is 36.4 Å². The number of carbonyl (C=O) groups excluding carboxylic acids is 2. The summed E-state index contributed by atoms with van der Waals surface area (Å²) in [5, 5.41) is 3.79. The van der Waals surface area contributed by atoms with E-state index >= 15 is 0 Å². The number of amides is 2. The van der Waals surface area contributed by atoms with Crippen molar-refractivity contribution in [3.05, 3.63) is 89.4 Å². The van der Waals surface area contributed by atoms with Crippen molar-refractivity contribution < 1.29 is 14.3 Å². The first-order valence-electron chi connectivity index (χ1n) is 12.4. The van der Waals surface area contributed by atoms with E-state index in [0.717, 1.165) is 25.0 Å². The fourth-order valence-electron chi connectivity index (χ4n) is 4.28. The lowest BCUT2D eigenvalue weighted by atomic mass is 10.1. The summed E-state index contributed by atoms with van der Waals surface area (Å²) in [6.07, 6.45) is 2.54. The summed E-state index contributed by atoms with van der Waals surface area (Å²) in [5.41, 5.74) is 2.46. The van der Waals surface area contributed by atoms with Gasteiger partial charge in [0.1, 0.15) is 11.8 Å². The molecular weight excluding hydrogens is 506 g/mol. The second-order valence-electron chi connectivity index (χ2n) is 8.86. The van der Waals surface area contributed by atoms with E-state index in [0.29, 0.717) is 34.7 Å². The Morgan fingerprint density at radius 2 is 1.81 bits per heavy atom. The van der Waals surface area contributed by atoms with Gasteiger partial charge in [-0.1, -0.05) is 54.9 Å². The number of anilines is 2. The minimum atomic E-state index is -0.700.